The van der Waals surface area contributed by atoms with Gasteiger partial charge in [0.1, 0.15) is 5.01 Å². The SMILES string of the molecule is O=C(CN1CCCC1=O)NCc1nc2ccccc2s1. The monoisotopic (exact) mass is 289 g/mol. The van der Waals surface area contributed by atoms with Crippen LogP contribution in [-0.2, 0) is 16.1 Å². The van der Waals surface area contributed by atoms with E-state index < -0.39 is 0 Å². The maximum absolute atomic E-state index is 11.8. The quantitative estimate of drug-likeness (QED) is 0.928. The minimum absolute atomic E-state index is 0.0696. The number of nitrogens with one attached hydrogen (secondary N) is 1. The molecule has 2 amide bonds. The van der Waals surface area contributed by atoms with Crippen LogP contribution in [0.25, 0.3) is 10.2 Å². The van der Waals surface area contributed by atoms with E-state index in [0.29, 0.717) is 19.5 Å². The number of nitrogens with zero attached hydrogens (tertiary/aromatic N) is 2. The van der Waals surface area contributed by atoms with E-state index in [4.69, 9.17) is 0 Å². The first-order valence-corrected chi connectivity index (χ1v) is 7.43. The summed E-state index contributed by atoms with van der Waals surface area (Å²) in [5, 5.41) is 3.70. The van der Waals surface area contributed by atoms with Gasteiger partial charge in [-0.15, -0.1) is 11.3 Å². The summed E-state index contributed by atoms with van der Waals surface area (Å²) in [5.41, 5.74) is 0.955. The Balaban J connectivity index is 1.56. The minimum Gasteiger partial charge on any atom is -0.348 e. The van der Waals surface area contributed by atoms with E-state index in [2.05, 4.69) is 10.3 Å². The highest BCUT2D eigenvalue weighted by Gasteiger charge is 2.22. The number of fused-ring (bicyclic) bond motifs is 1. The molecule has 2 heterocycles. The fourth-order valence-corrected chi connectivity index (χ4v) is 3.18. The number of aromatic nitrogens is 1. The van der Waals surface area contributed by atoms with Crippen LogP contribution in [-0.4, -0.2) is 34.8 Å². The zero-order valence-corrected chi connectivity index (χ0v) is 11.8. The average Bonchev–Trinajstić information content (AvgIpc) is 3.03. The van der Waals surface area contributed by atoms with Gasteiger partial charge in [0, 0.05) is 13.0 Å². The third-order valence-electron chi connectivity index (χ3n) is 3.28. The lowest BCUT2D eigenvalue weighted by molar-refractivity contribution is -0.133. The van der Waals surface area contributed by atoms with Crippen molar-refractivity contribution in [1.82, 2.24) is 15.2 Å². The first-order valence-electron chi connectivity index (χ1n) is 6.61. The van der Waals surface area contributed by atoms with Crippen molar-refractivity contribution in [2.24, 2.45) is 0 Å². The number of thiazole rings is 1. The molecule has 1 saturated heterocycles. The second-order valence-electron chi connectivity index (χ2n) is 4.77. The number of carbonyl (C=O) groups is 2. The van der Waals surface area contributed by atoms with Crippen LogP contribution in [0.4, 0.5) is 0 Å². The zero-order chi connectivity index (χ0) is 13.9. The molecule has 1 fully saturated rings. The van der Waals surface area contributed by atoms with Gasteiger partial charge in [-0.2, -0.15) is 0 Å². The second kappa shape index (κ2) is 5.58. The van der Waals surface area contributed by atoms with E-state index in [1.54, 1.807) is 16.2 Å². The molecule has 6 heteroatoms. The van der Waals surface area contributed by atoms with Crippen molar-refractivity contribution in [2.45, 2.75) is 19.4 Å². The van der Waals surface area contributed by atoms with Crippen molar-refractivity contribution in [1.29, 1.82) is 0 Å². The summed E-state index contributed by atoms with van der Waals surface area (Å²) in [6.45, 7) is 1.26. The molecule has 1 aromatic carbocycles. The highest BCUT2D eigenvalue weighted by atomic mass is 32.1. The van der Waals surface area contributed by atoms with E-state index in [9.17, 15) is 9.59 Å². The highest BCUT2D eigenvalue weighted by Crippen LogP contribution is 2.21. The molecule has 1 aliphatic rings. The van der Waals surface area contributed by atoms with Crippen molar-refractivity contribution >= 4 is 33.4 Å². The number of para-hydroxylation sites is 1. The Hall–Kier alpha value is -1.95. The van der Waals surface area contributed by atoms with Crippen LogP contribution in [0, 0.1) is 0 Å². The summed E-state index contributed by atoms with van der Waals surface area (Å²) >= 11 is 1.58. The van der Waals surface area contributed by atoms with Crippen LogP contribution in [0.2, 0.25) is 0 Å². The lowest BCUT2D eigenvalue weighted by atomic mass is 10.3. The molecule has 0 aliphatic carbocycles. The van der Waals surface area contributed by atoms with Crippen molar-refractivity contribution in [3.8, 4) is 0 Å². The molecule has 5 nitrogen and oxygen atoms in total. The molecular weight excluding hydrogens is 274 g/mol. The summed E-state index contributed by atoms with van der Waals surface area (Å²) in [6.07, 6.45) is 1.41. The van der Waals surface area contributed by atoms with Gasteiger partial charge in [0.05, 0.1) is 23.3 Å². The molecular formula is C14H15N3O2S. The highest BCUT2D eigenvalue weighted by molar-refractivity contribution is 7.18. The van der Waals surface area contributed by atoms with Gasteiger partial charge < -0.3 is 10.2 Å². The molecule has 0 radical (unpaired) electrons. The van der Waals surface area contributed by atoms with Crippen LogP contribution in [0.1, 0.15) is 17.8 Å². The fourth-order valence-electron chi connectivity index (χ4n) is 2.27. The second-order valence-corrected chi connectivity index (χ2v) is 5.89. The topological polar surface area (TPSA) is 62.3 Å². The van der Waals surface area contributed by atoms with Gasteiger partial charge in [0.2, 0.25) is 11.8 Å². The summed E-state index contributed by atoms with van der Waals surface area (Å²) < 4.78 is 1.12. The Labute approximate surface area is 120 Å². The molecule has 0 spiro atoms. The van der Waals surface area contributed by atoms with Crippen LogP contribution in [0.3, 0.4) is 0 Å². The van der Waals surface area contributed by atoms with E-state index in [-0.39, 0.29) is 18.4 Å². The summed E-state index contributed by atoms with van der Waals surface area (Å²) in [7, 11) is 0. The maximum Gasteiger partial charge on any atom is 0.239 e. The average molecular weight is 289 g/mol. The van der Waals surface area contributed by atoms with Gasteiger partial charge in [-0.1, -0.05) is 12.1 Å². The number of likely N-dealkylation sites (tertiary alicyclic amines) is 1. The van der Waals surface area contributed by atoms with Gasteiger partial charge in [-0.05, 0) is 18.6 Å². The Kier molecular flexibility index (Phi) is 3.64. The number of hydrogen-bond acceptors (Lipinski definition) is 4. The first-order chi connectivity index (χ1) is 9.72. The molecule has 0 unspecified atom stereocenters. The molecule has 1 aromatic heterocycles. The lowest BCUT2D eigenvalue weighted by Crippen LogP contribution is -2.37. The predicted molar refractivity (Wildman–Crippen MR) is 77.3 cm³/mol. The maximum atomic E-state index is 11.8. The molecule has 0 saturated carbocycles. The molecule has 3 rings (SSSR count). The van der Waals surface area contributed by atoms with E-state index >= 15 is 0 Å². The molecule has 20 heavy (non-hydrogen) atoms. The van der Waals surface area contributed by atoms with Crippen molar-refractivity contribution in [3.63, 3.8) is 0 Å². The third-order valence-corrected chi connectivity index (χ3v) is 4.32. The van der Waals surface area contributed by atoms with Gasteiger partial charge >= 0.3 is 0 Å². The standard InChI is InChI=1S/C14H15N3O2S/c18-12(9-17-7-3-6-14(17)19)15-8-13-16-10-4-1-2-5-11(10)20-13/h1-2,4-5H,3,6-9H2,(H,15,18). The molecule has 1 aliphatic heterocycles. The third kappa shape index (κ3) is 2.80. The van der Waals surface area contributed by atoms with E-state index in [1.807, 2.05) is 24.3 Å². The van der Waals surface area contributed by atoms with Gasteiger partial charge in [-0.3, -0.25) is 9.59 Å². The van der Waals surface area contributed by atoms with Gasteiger partial charge in [-0.25, -0.2) is 4.98 Å². The minimum atomic E-state index is -0.125. The Bertz CT molecular complexity index is 620. The smallest absolute Gasteiger partial charge is 0.239 e. The van der Waals surface area contributed by atoms with Gasteiger partial charge in [0.15, 0.2) is 0 Å². The molecule has 0 bridgehead atoms. The summed E-state index contributed by atoms with van der Waals surface area (Å²) in [5.74, 6) is -0.0559. The summed E-state index contributed by atoms with van der Waals surface area (Å²) in [6, 6.07) is 7.90. The Morgan fingerprint density at radius 1 is 1.40 bits per heavy atom. The normalized spacial score (nSPS) is 15.0. The van der Waals surface area contributed by atoms with E-state index in [0.717, 1.165) is 21.6 Å². The van der Waals surface area contributed by atoms with E-state index in [1.165, 1.54) is 0 Å². The number of hydrogen-bond donors (Lipinski definition) is 1. The van der Waals surface area contributed by atoms with Crippen LogP contribution < -0.4 is 5.32 Å². The number of benzene rings is 1. The Morgan fingerprint density at radius 3 is 3.00 bits per heavy atom. The predicted octanol–water partition coefficient (Wildman–Crippen LogP) is 1.53. The summed E-state index contributed by atoms with van der Waals surface area (Å²) in [4.78, 5) is 29.3. The first kappa shape index (κ1) is 13.1. The van der Waals surface area contributed by atoms with Crippen LogP contribution >= 0.6 is 11.3 Å². The van der Waals surface area contributed by atoms with Gasteiger partial charge in [0.25, 0.3) is 0 Å². The number of carbonyl (C=O) groups excluding carboxylic acids is 2. The lowest BCUT2D eigenvalue weighted by Gasteiger charge is -2.14. The van der Waals surface area contributed by atoms with Crippen LogP contribution in [0.5, 0.6) is 0 Å². The Morgan fingerprint density at radius 2 is 2.25 bits per heavy atom. The molecule has 104 valence electrons. The molecule has 2 aromatic rings. The fraction of sp³-hybridized carbons (Fsp3) is 0.357. The largest absolute Gasteiger partial charge is 0.348 e. The van der Waals surface area contributed by atoms with Crippen molar-refractivity contribution in [2.75, 3.05) is 13.1 Å². The molecule has 1 N–H and O–H groups in total. The number of rotatable bonds is 4. The molecule has 0 atom stereocenters. The number of amides is 2. The van der Waals surface area contributed by atoms with Crippen molar-refractivity contribution in [3.05, 3.63) is 29.3 Å². The van der Waals surface area contributed by atoms with Crippen molar-refractivity contribution < 1.29 is 9.59 Å². The van der Waals surface area contributed by atoms with Crippen LogP contribution in [0.15, 0.2) is 24.3 Å². The zero-order valence-electron chi connectivity index (χ0n) is 11.0.